The highest BCUT2D eigenvalue weighted by Gasteiger charge is 2.57. The van der Waals surface area contributed by atoms with Crippen LogP contribution in [0.4, 0.5) is 8.78 Å². The number of amides is 1. The van der Waals surface area contributed by atoms with Gasteiger partial charge in [0, 0.05) is 24.8 Å². The zero-order chi connectivity index (χ0) is 30.3. The molecule has 1 aromatic heterocycles. The maximum atomic E-state index is 15.5. The number of hydrogen-bond acceptors (Lipinski definition) is 3. The summed E-state index contributed by atoms with van der Waals surface area (Å²) in [5.74, 6) is 0.882. The molecule has 4 unspecified atom stereocenters. The van der Waals surface area contributed by atoms with E-state index in [2.05, 4.69) is 24.9 Å². The molecule has 1 spiro atoms. The monoisotopic (exact) mass is 601 g/mol. The largest absolute Gasteiger partial charge is 0.508 e. The molecule has 1 aliphatic heterocycles. The number of fused-ring (bicyclic) bond motifs is 6. The summed E-state index contributed by atoms with van der Waals surface area (Å²) in [5, 5.41) is 10.9. The summed E-state index contributed by atoms with van der Waals surface area (Å²) in [6.07, 6.45) is 11.1. The number of phenolic OH excluding ortho intramolecular Hbond substituents is 1. The fourth-order valence-electron chi connectivity index (χ4n) is 10.0. The van der Waals surface area contributed by atoms with Crippen molar-refractivity contribution in [1.82, 2.24) is 14.9 Å². The third-order valence-corrected chi connectivity index (χ3v) is 12.4. The van der Waals surface area contributed by atoms with Gasteiger partial charge in [0.15, 0.2) is 0 Å². The second kappa shape index (κ2) is 10.6. The van der Waals surface area contributed by atoms with Crippen molar-refractivity contribution < 1.29 is 18.7 Å². The molecule has 6 aliphatic rings. The van der Waals surface area contributed by atoms with Gasteiger partial charge >= 0.3 is 0 Å². The highest BCUT2D eigenvalue weighted by atomic mass is 19.2. The van der Waals surface area contributed by atoms with Gasteiger partial charge in [0.05, 0.1) is 17.9 Å². The second-order valence-electron chi connectivity index (χ2n) is 14.9. The fourth-order valence-corrected chi connectivity index (χ4v) is 10.0. The van der Waals surface area contributed by atoms with Gasteiger partial charge < -0.3 is 15.0 Å². The van der Waals surface area contributed by atoms with Crippen molar-refractivity contribution in [3.05, 3.63) is 57.7 Å². The number of alkyl halides is 2. The molecule has 1 saturated heterocycles. The SMILES string of the molecule is CC[C@H](C)CC(=O)N1CCC[C@H]1c1ncc(C2=C3C(=C(c4ccc(O)c5c4CC4(CCCC4)C5)CC2)C2CC3C(F)C2F)[nH]1. The van der Waals surface area contributed by atoms with Gasteiger partial charge in [-0.25, -0.2) is 13.8 Å². The number of allylic oxidation sites excluding steroid dienone is 4. The molecule has 7 heteroatoms. The van der Waals surface area contributed by atoms with Crippen LogP contribution in [0.1, 0.15) is 119 Å². The molecule has 5 nitrogen and oxygen atoms in total. The predicted octanol–water partition coefficient (Wildman–Crippen LogP) is 8.20. The van der Waals surface area contributed by atoms with Crippen LogP contribution in [0.5, 0.6) is 5.75 Å². The molecule has 2 aromatic rings. The maximum Gasteiger partial charge on any atom is 0.223 e. The van der Waals surface area contributed by atoms with Gasteiger partial charge in [0.25, 0.3) is 0 Å². The number of phenols is 1. The number of benzene rings is 1. The van der Waals surface area contributed by atoms with Gasteiger partial charge in [-0.2, -0.15) is 0 Å². The number of nitrogens with zero attached hydrogens (tertiary/aromatic N) is 2. The molecule has 1 aromatic carbocycles. The number of H-pyrrole nitrogens is 1. The number of hydrogen-bond donors (Lipinski definition) is 2. The van der Waals surface area contributed by atoms with Crippen molar-refractivity contribution in [2.45, 2.75) is 116 Å². The normalized spacial score (nSPS) is 31.0. The van der Waals surface area contributed by atoms with E-state index in [4.69, 9.17) is 4.98 Å². The number of likely N-dealkylation sites (tertiary alicyclic amines) is 1. The summed E-state index contributed by atoms with van der Waals surface area (Å²) in [6, 6.07) is 3.83. The van der Waals surface area contributed by atoms with Crippen LogP contribution >= 0.6 is 0 Å². The average Bonchev–Trinajstić information content (AvgIpc) is 3.87. The van der Waals surface area contributed by atoms with Crippen LogP contribution in [0, 0.1) is 23.2 Å². The Morgan fingerprint density at radius 2 is 1.77 bits per heavy atom. The summed E-state index contributed by atoms with van der Waals surface area (Å²) in [5.41, 5.74) is 8.91. The van der Waals surface area contributed by atoms with Crippen molar-refractivity contribution in [2.24, 2.45) is 23.2 Å². The average molecular weight is 602 g/mol. The van der Waals surface area contributed by atoms with E-state index < -0.39 is 24.2 Å². The van der Waals surface area contributed by atoms with E-state index in [0.717, 1.165) is 90.9 Å². The Kier molecular flexibility index (Phi) is 6.84. The number of imidazole rings is 1. The zero-order valence-corrected chi connectivity index (χ0v) is 26.1. The predicted molar refractivity (Wildman–Crippen MR) is 167 cm³/mol. The van der Waals surface area contributed by atoms with Crippen molar-refractivity contribution in [2.75, 3.05) is 6.54 Å². The van der Waals surface area contributed by atoms with E-state index in [0.29, 0.717) is 24.5 Å². The van der Waals surface area contributed by atoms with E-state index in [-0.39, 0.29) is 17.4 Å². The Morgan fingerprint density at radius 1 is 1.07 bits per heavy atom. The van der Waals surface area contributed by atoms with E-state index in [1.165, 1.54) is 36.8 Å². The van der Waals surface area contributed by atoms with Gasteiger partial charge in [-0.1, -0.05) is 39.2 Å². The third kappa shape index (κ3) is 4.27. The molecule has 2 heterocycles. The first-order valence-corrected chi connectivity index (χ1v) is 17.2. The highest BCUT2D eigenvalue weighted by Crippen LogP contribution is 2.62. The smallest absolute Gasteiger partial charge is 0.223 e. The van der Waals surface area contributed by atoms with Gasteiger partial charge in [0.2, 0.25) is 5.91 Å². The summed E-state index contributed by atoms with van der Waals surface area (Å²) >= 11 is 0. The molecular formula is C37H45F2N3O2. The molecule has 4 fully saturated rings. The first kappa shape index (κ1) is 28.5. The quantitative estimate of drug-likeness (QED) is 0.351. The minimum Gasteiger partial charge on any atom is -0.508 e. The van der Waals surface area contributed by atoms with E-state index in [1.54, 1.807) is 0 Å². The number of aromatic amines is 1. The van der Waals surface area contributed by atoms with Crippen molar-refractivity contribution in [3.8, 4) is 5.75 Å². The Bertz CT molecular complexity index is 1570. The van der Waals surface area contributed by atoms with Crippen molar-refractivity contribution in [1.29, 1.82) is 0 Å². The lowest BCUT2D eigenvalue weighted by Crippen LogP contribution is -2.32. The number of aromatic nitrogens is 2. The van der Waals surface area contributed by atoms with Crippen LogP contribution in [-0.4, -0.2) is 44.8 Å². The lowest BCUT2D eigenvalue weighted by atomic mass is 9.73. The maximum absolute atomic E-state index is 15.5. The molecular weight excluding hydrogens is 556 g/mol. The number of carbonyl (C=O) groups excluding carboxylic acids is 1. The second-order valence-corrected chi connectivity index (χ2v) is 14.9. The summed E-state index contributed by atoms with van der Waals surface area (Å²) in [7, 11) is 0. The highest BCUT2D eigenvalue weighted by molar-refractivity contribution is 5.88. The standard InChI is InChI=1S/C37H45F2N3O2/c1-3-20(2)15-31(44)42-14-6-7-29(42)36-40-19-28(41-36)23-9-8-22(32-24-16-25(33(23)32)35(39)34(24)38)21-10-11-30(43)27-18-37(17-26(21)27)12-4-5-13-37/h10-11,19-20,24-25,29,34-35,43H,3-9,12-18H2,1-2H3,(H,40,41)/t20-,24?,25?,29-,34?,35?/m0/s1. The molecule has 0 radical (unpaired) electrons. The topological polar surface area (TPSA) is 69.2 Å². The number of aromatic hydroxyl groups is 1. The molecule has 234 valence electrons. The fraction of sp³-hybridized carbons (Fsp3) is 0.622. The number of carbonyl (C=O) groups is 1. The Balaban J connectivity index is 1.18. The number of rotatable bonds is 6. The minimum atomic E-state index is -1.48. The van der Waals surface area contributed by atoms with Crippen LogP contribution in [-0.2, 0) is 17.6 Å². The summed E-state index contributed by atoms with van der Waals surface area (Å²) < 4.78 is 31.0. The van der Waals surface area contributed by atoms with Gasteiger partial charge in [0.1, 0.15) is 23.9 Å². The molecule has 5 aliphatic carbocycles. The van der Waals surface area contributed by atoms with E-state index in [9.17, 15) is 9.90 Å². The minimum absolute atomic E-state index is 0.0632. The third-order valence-electron chi connectivity index (χ3n) is 12.4. The number of nitrogens with one attached hydrogen (secondary N) is 1. The Labute approximate surface area is 259 Å². The lowest BCUT2D eigenvalue weighted by molar-refractivity contribution is -0.133. The molecule has 8 rings (SSSR count). The summed E-state index contributed by atoms with van der Waals surface area (Å²) in [6.45, 7) is 5.00. The van der Waals surface area contributed by atoms with Crippen LogP contribution in [0.25, 0.3) is 11.1 Å². The molecule has 6 atom stereocenters. The van der Waals surface area contributed by atoms with Crippen LogP contribution in [0.3, 0.4) is 0 Å². The van der Waals surface area contributed by atoms with Crippen molar-refractivity contribution in [3.63, 3.8) is 0 Å². The van der Waals surface area contributed by atoms with Gasteiger partial charge in [-0.15, -0.1) is 0 Å². The van der Waals surface area contributed by atoms with Crippen LogP contribution in [0.2, 0.25) is 0 Å². The van der Waals surface area contributed by atoms with Crippen LogP contribution in [0.15, 0.2) is 29.5 Å². The van der Waals surface area contributed by atoms with Gasteiger partial charge in [-0.3, -0.25) is 4.79 Å². The first-order valence-electron chi connectivity index (χ1n) is 17.2. The van der Waals surface area contributed by atoms with E-state index >= 15 is 8.78 Å². The number of halogens is 2. The Morgan fingerprint density at radius 3 is 2.52 bits per heavy atom. The summed E-state index contributed by atoms with van der Waals surface area (Å²) in [4.78, 5) is 23.5. The first-order chi connectivity index (χ1) is 21.3. The molecule has 3 saturated carbocycles. The van der Waals surface area contributed by atoms with Crippen LogP contribution < -0.4 is 0 Å². The Hall–Kier alpha value is -2.96. The molecule has 2 N–H and O–H groups in total. The van der Waals surface area contributed by atoms with Gasteiger partial charge in [-0.05, 0) is 114 Å². The molecule has 1 amide bonds. The van der Waals surface area contributed by atoms with E-state index in [1.807, 2.05) is 17.2 Å². The molecule has 44 heavy (non-hydrogen) atoms. The van der Waals surface area contributed by atoms with Crippen molar-refractivity contribution >= 4 is 17.1 Å². The lowest BCUT2D eigenvalue weighted by Gasteiger charge is -2.33. The zero-order valence-electron chi connectivity index (χ0n) is 26.1. The molecule has 2 bridgehead atoms.